The molecule has 5 nitrogen and oxygen atoms in total. The molecule has 1 fully saturated rings. The largest absolute Gasteiger partial charge is 0.465 e. The Balaban J connectivity index is 1.83. The first-order valence-electron chi connectivity index (χ1n) is 9.03. The molecule has 2 atom stereocenters. The van der Waals surface area contributed by atoms with Crippen LogP contribution in [0, 0.1) is 5.92 Å². The minimum Gasteiger partial charge on any atom is -0.465 e. The predicted octanol–water partition coefficient (Wildman–Crippen LogP) is 4.60. The van der Waals surface area contributed by atoms with E-state index in [0.717, 1.165) is 5.56 Å². The molecule has 0 aliphatic carbocycles. The van der Waals surface area contributed by atoms with E-state index in [1.54, 1.807) is 24.3 Å². The summed E-state index contributed by atoms with van der Waals surface area (Å²) in [6.07, 6.45) is -3.39. The maximum atomic E-state index is 13.8. The zero-order valence-corrected chi connectivity index (χ0v) is 15.9. The highest BCUT2D eigenvalue weighted by atomic mass is 19.3. The summed E-state index contributed by atoms with van der Waals surface area (Å²) in [6, 6.07) is 14.2. The number of benzene rings is 2. The molecule has 0 aromatic heterocycles. The van der Waals surface area contributed by atoms with Crippen LogP contribution in [0.2, 0.25) is 0 Å². The van der Waals surface area contributed by atoms with E-state index in [-0.39, 0.29) is 18.7 Å². The molecule has 0 saturated carbocycles. The molecule has 0 unspecified atom stereocenters. The normalized spacial score (nSPS) is 18.8. The number of carbonyl (C=O) groups is 2. The van der Waals surface area contributed by atoms with Crippen molar-refractivity contribution in [1.82, 2.24) is 4.90 Å². The van der Waals surface area contributed by atoms with Gasteiger partial charge in [0, 0.05) is 6.54 Å². The van der Waals surface area contributed by atoms with Crippen molar-refractivity contribution in [3.05, 3.63) is 83.4 Å². The molecule has 3 rings (SSSR count). The van der Waals surface area contributed by atoms with E-state index >= 15 is 0 Å². The second kappa shape index (κ2) is 8.86. The highest BCUT2D eigenvalue weighted by molar-refractivity contribution is 5.89. The molecular formula is C22H21F2NO4. The Hall–Kier alpha value is -3.22. The summed E-state index contributed by atoms with van der Waals surface area (Å²) in [7, 11) is 1.26. The number of ether oxygens (including phenoxy) is 2. The molecule has 0 radical (unpaired) electrons. The van der Waals surface area contributed by atoms with Crippen LogP contribution >= 0.6 is 0 Å². The lowest BCUT2D eigenvalue weighted by Crippen LogP contribution is -2.33. The highest BCUT2D eigenvalue weighted by Crippen LogP contribution is 2.43. The smallest absolute Gasteiger partial charge is 0.410 e. The molecule has 1 heterocycles. The topological polar surface area (TPSA) is 55.8 Å². The monoisotopic (exact) mass is 401 g/mol. The third kappa shape index (κ3) is 4.45. The van der Waals surface area contributed by atoms with Gasteiger partial charge in [-0.1, -0.05) is 49.0 Å². The SMILES string of the molecule is C=C1CN(C(=O)OCc2ccccc2)[C@@H](c2ccc(C(=O)OC)cc2)[C@H]1C(F)F. The second-order valence-corrected chi connectivity index (χ2v) is 6.74. The van der Waals surface area contributed by atoms with E-state index in [1.807, 2.05) is 18.2 Å². The van der Waals surface area contributed by atoms with E-state index < -0.39 is 30.4 Å². The molecule has 1 saturated heterocycles. The number of likely N-dealkylation sites (tertiary alicyclic amines) is 1. The first-order chi connectivity index (χ1) is 13.9. The molecule has 29 heavy (non-hydrogen) atoms. The Bertz CT molecular complexity index is 883. The molecule has 1 aliphatic rings. The van der Waals surface area contributed by atoms with Crippen molar-refractivity contribution in [2.45, 2.75) is 19.1 Å². The Kier molecular flexibility index (Phi) is 6.26. The number of hydrogen-bond donors (Lipinski definition) is 0. The summed E-state index contributed by atoms with van der Waals surface area (Å²) in [5.41, 5.74) is 1.82. The zero-order valence-electron chi connectivity index (χ0n) is 15.9. The fourth-order valence-electron chi connectivity index (χ4n) is 3.46. The average molecular weight is 401 g/mol. The molecule has 0 bridgehead atoms. The van der Waals surface area contributed by atoms with Crippen LogP contribution in [-0.4, -0.2) is 37.0 Å². The number of hydrogen-bond acceptors (Lipinski definition) is 4. The third-order valence-electron chi connectivity index (χ3n) is 4.91. The molecule has 1 amide bonds. The summed E-state index contributed by atoms with van der Waals surface area (Å²) in [5, 5.41) is 0. The minimum absolute atomic E-state index is 0.0218. The Morgan fingerprint density at radius 1 is 1.14 bits per heavy atom. The summed E-state index contributed by atoms with van der Waals surface area (Å²) < 4.78 is 37.5. The number of amides is 1. The van der Waals surface area contributed by atoms with Gasteiger partial charge < -0.3 is 9.47 Å². The lowest BCUT2D eigenvalue weighted by Gasteiger charge is -2.27. The molecule has 2 aromatic carbocycles. The molecule has 1 aliphatic heterocycles. The summed E-state index contributed by atoms with van der Waals surface area (Å²) in [5.74, 6) is -1.75. The van der Waals surface area contributed by atoms with Gasteiger partial charge in [0.1, 0.15) is 6.61 Å². The van der Waals surface area contributed by atoms with Crippen molar-refractivity contribution in [3.63, 3.8) is 0 Å². The molecular weight excluding hydrogens is 380 g/mol. The van der Waals surface area contributed by atoms with E-state index in [0.29, 0.717) is 11.1 Å². The highest BCUT2D eigenvalue weighted by Gasteiger charge is 2.45. The van der Waals surface area contributed by atoms with Crippen LogP contribution in [0.1, 0.15) is 27.5 Å². The van der Waals surface area contributed by atoms with Crippen molar-refractivity contribution in [2.24, 2.45) is 5.92 Å². The Labute approximate surface area is 167 Å². The molecule has 152 valence electrons. The zero-order chi connectivity index (χ0) is 21.0. The van der Waals surface area contributed by atoms with Crippen LogP contribution < -0.4 is 0 Å². The number of rotatable bonds is 5. The predicted molar refractivity (Wildman–Crippen MR) is 102 cm³/mol. The van der Waals surface area contributed by atoms with Gasteiger partial charge in [-0.3, -0.25) is 4.90 Å². The van der Waals surface area contributed by atoms with Crippen LogP contribution in [0.3, 0.4) is 0 Å². The fourth-order valence-corrected chi connectivity index (χ4v) is 3.46. The van der Waals surface area contributed by atoms with Gasteiger partial charge in [0.2, 0.25) is 6.43 Å². The van der Waals surface area contributed by atoms with Gasteiger partial charge >= 0.3 is 12.1 Å². The summed E-state index contributed by atoms with van der Waals surface area (Å²) in [4.78, 5) is 25.6. The maximum absolute atomic E-state index is 13.8. The van der Waals surface area contributed by atoms with E-state index in [4.69, 9.17) is 4.74 Å². The van der Waals surface area contributed by atoms with Crippen LogP contribution in [0.15, 0.2) is 66.7 Å². The van der Waals surface area contributed by atoms with Crippen LogP contribution in [0.5, 0.6) is 0 Å². The lowest BCUT2D eigenvalue weighted by molar-refractivity contribution is 0.0511. The first-order valence-corrected chi connectivity index (χ1v) is 9.03. The van der Waals surface area contributed by atoms with Gasteiger partial charge in [0.05, 0.1) is 24.6 Å². The molecule has 0 spiro atoms. The fraction of sp³-hybridized carbons (Fsp3) is 0.273. The lowest BCUT2D eigenvalue weighted by atomic mass is 9.91. The van der Waals surface area contributed by atoms with Gasteiger partial charge in [-0.2, -0.15) is 0 Å². The summed E-state index contributed by atoms with van der Waals surface area (Å²) in [6.45, 7) is 3.75. The minimum atomic E-state index is -2.69. The van der Waals surface area contributed by atoms with Gasteiger partial charge in [-0.15, -0.1) is 0 Å². The van der Waals surface area contributed by atoms with Gasteiger partial charge in [-0.05, 0) is 28.8 Å². The van der Waals surface area contributed by atoms with Crippen LogP contribution in [0.4, 0.5) is 13.6 Å². The first kappa shape index (κ1) is 20.5. The number of nitrogens with zero attached hydrogens (tertiary/aromatic N) is 1. The standard InChI is InChI=1S/C22H21F2NO4/c1-14-12-25(22(27)29-13-15-6-4-3-5-7-15)19(18(14)20(23)24)16-8-10-17(11-9-16)21(26)28-2/h3-11,18-20H,1,12-13H2,2H3/t18-,19-/m0/s1. The van der Waals surface area contributed by atoms with E-state index in [9.17, 15) is 18.4 Å². The molecule has 0 N–H and O–H groups in total. The number of methoxy groups -OCH3 is 1. The number of esters is 1. The van der Waals surface area contributed by atoms with Crippen molar-refractivity contribution in [3.8, 4) is 0 Å². The van der Waals surface area contributed by atoms with Crippen LogP contribution in [0.25, 0.3) is 0 Å². The third-order valence-corrected chi connectivity index (χ3v) is 4.91. The summed E-state index contributed by atoms with van der Waals surface area (Å²) >= 11 is 0. The Morgan fingerprint density at radius 3 is 2.38 bits per heavy atom. The molecule has 2 aromatic rings. The molecule has 7 heteroatoms. The van der Waals surface area contributed by atoms with Crippen molar-refractivity contribution in [2.75, 3.05) is 13.7 Å². The Morgan fingerprint density at radius 2 is 1.79 bits per heavy atom. The van der Waals surface area contributed by atoms with Crippen molar-refractivity contribution < 1.29 is 27.8 Å². The van der Waals surface area contributed by atoms with E-state index in [2.05, 4.69) is 11.3 Å². The quantitative estimate of drug-likeness (QED) is 0.543. The number of carbonyl (C=O) groups excluding carboxylic acids is 2. The maximum Gasteiger partial charge on any atom is 0.410 e. The van der Waals surface area contributed by atoms with Crippen molar-refractivity contribution >= 4 is 12.1 Å². The average Bonchev–Trinajstić information content (AvgIpc) is 3.09. The second-order valence-electron chi connectivity index (χ2n) is 6.74. The van der Waals surface area contributed by atoms with Gasteiger partial charge in [0.15, 0.2) is 0 Å². The van der Waals surface area contributed by atoms with Crippen LogP contribution in [-0.2, 0) is 16.1 Å². The number of halogens is 2. The number of alkyl halides is 2. The van der Waals surface area contributed by atoms with E-state index in [1.165, 1.54) is 24.1 Å². The van der Waals surface area contributed by atoms with Gasteiger partial charge in [-0.25, -0.2) is 18.4 Å². The van der Waals surface area contributed by atoms with Gasteiger partial charge in [0.25, 0.3) is 0 Å². The van der Waals surface area contributed by atoms with Crippen molar-refractivity contribution in [1.29, 1.82) is 0 Å².